The van der Waals surface area contributed by atoms with E-state index in [2.05, 4.69) is 26.1 Å². The summed E-state index contributed by atoms with van der Waals surface area (Å²) in [6, 6.07) is 12.6. The maximum atomic E-state index is 13.0. The number of sulfonamides is 1. The molecule has 0 fully saturated rings. The van der Waals surface area contributed by atoms with Gasteiger partial charge in [0.15, 0.2) is 0 Å². The molecule has 0 aliphatic carbocycles. The Hall–Kier alpha value is -1.97. The minimum absolute atomic E-state index is 0.0999. The third-order valence-electron chi connectivity index (χ3n) is 3.73. The first kappa shape index (κ1) is 18.8. The smallest absolute Gasteiger partial charge is 0.269 e. The summed E-state index contributed by atoms with van der Waals surface area (Å²) in [5, 5.41) is 9.10. The molecule has 0 saturated carbocycles. The summed E-state index contributed by atoms with van der Waals surface area (Å²) in [6.45, 7) is 1.83. The molecular formula is C17H16BrN3O3S2. The van der Waals surface area contributed by atoms with E-state index in [0.29, 0.717) is 10.8 Å². The Balaban J connectivity index is 1.98. The van der Waals surface area contributed by atoms with Crippen molar-refractivity contribution >= 4 is 42.4 Å². The quantitative estimate of drug-likeness (QED) is 0.580. The van der Waals surface area contributed by atoms with E-state index in [9.17, 15) is 8.42 Å². The van der Waals surface area contributed by atoms with Crippen LogP contribution in [0.3, 0.4) is 0 Å². The molecule has 26 heavy (non-hydrogen) atoms. The molecule has 0 saturated heterocycles. The summed E-state index contributed by atoms with van der Waals surface area (Å²) in [6.07, 6.45) is 0. The van der Waals surface area contributed by atoms with E-state index in [4.69, 9.17) is 4.74 Å². The van der Waals surface area contributed by atoms with Crippen LogP contribution in [0.15, 0.2) is 51.8 Å². The molecule has 136 valence electrons. The van der Waals surface area contributed by atoms with Crippen molar-refractivity contribution in [3.63, 3.8) is 0 Å². The van der Waals surface area contributed by atoms with Gasteiger partial charge in [-0.05, 0) is 36.8 Å². The average Bonchev–Trinajstić information content (AvgIpc) is 3.11. The minimum Gasteiger partial charge on any atom is -0.495 e. The molecule has 0 bridgehead atoms. The van der Waals surface area contributed by atoms with Crippen molar-refractivity contribution in [2.45, 2.75) is 11.8 Å². The van der Waals surface area contributed by atoms with Gasteiger partial charge in [0.25, 0.3) is 10.0 Å². The van der Waals surface area contributed by atoms with Crippen molar-refractivity contribution < 1.29 is 13.2 Å². The number of halogens is 1. The Morgan fingerprint density at radius 1 is 1.12 bits per heavy atom. The van der Waals surface area contributed by atoms with Crippen LogP contribution in [0.4, 0.5) is 5.13 Å². The Bertz CT molecular complexity index is 1030. The first-order valence-corrected chi connectivity index (χ1v) is 10.6. The number of aromatic nitrogens is 2. The normalized spacial score (nSPS) is 11.4. The summed E-state index contributed by atoms with van der Waals surface area (Å²) < 4.78 is 33.4. The molecule has 2 aromatic carbocycles. The predicted octanol–water partition coefficient (Wildman–Crippen LogP) is 4.11. The summed E-state index contributed by atoms with van der Waals surface area (Å²) in [7, 11) is -0.918. The maximum absolute atomic E-state index is 13.0. The van der Waals surface area contributed by atoms with Gasteiger partial charge in [-0.15, -0.1) is 10.2 Å². The highest BCUT2D eigenvalue weighted by molar-refractivity contribution is 9.10. The number of rotatable bonds is 5. The summed E-state index contributed by atoms with van der Waals surface area (Å²) in [4.78, 5) is 0.0999. The fourth-order valence-electron chi connectivity index (χ4n) is 2.29. The summed E-state index contributed by atoms with van der Waals surface area (Å²) in [5.74, 6) is 0.292. The van der Waals surface area contributed by atoms with Gasteiger partial charge in [-0.3, -0.25) is 0 Å². The molecule has 6 nitrogen and oxygen atoms in total. The van der Waals surface area contributed by atoms with E-state index >= 15 is 0 Å². The van der Waals surface area contributed by atoms with E-state index in [1.54, 1.807) is 18.2 Å². The second-order valence-electron chi connectivity index (χ2n) is 5.52. The van der Waals surface area contributed by atoms with Crippen molar-refractivity contribution in [3.05, 3.63) is 52.5 Å². The van der Waals surface area contributed by atoms with Crippen LogP contribution >= 0.6 is 27.3 Å². The standard InChI is InChI=1S/C17H16BrN3O3S2/c1-11-4-9-14(24-3)15(10-11)26(22,23)21(2)17-20-19-16(25-17)12-5-7-13(18)8-6-12/h4-10H,1-3H3. The van der Waals surface area contributed by atoms with Gasteiger partial charge >= 0.3 is 0 Å². The number of nitrogens with zero attached hydrogens (tertiary/aromatic N) is 3. The first-order valence-electron chi connectivity index (χ1n) is 7.56. The molecule has 0 radical (unpaired) electrons. The lowest BCUT2D eigenvalue weighted by Gasteiger charge is -2.18. The minimum atomic E-state index is -3.82. The number of methoxy groups -OCH3 is 1. The molecule has 0 N–H and O–H groups in total. The highest BCUT2D eigenvalue weighted by Gasteiger charge is 2.28. The Morgan fingerprint density at radius 2 is 1.81 bits per heavy atom. The van der Waals surface area contributed by atoms with Crippen molar-refractivity contribution in [1.29, 1.82) is 0 Å². The van der Waals surface area contributed by atoms with Gasteiger partial charge < -0.3 is 4.74 Å². The van der Waals surface area contributed by atoms with Crippen LogP contribution < -0.4 is 9.04 Å². The molecule has 3 rings (SSSR count). The molecule has 1 heterocycles. The van der Waals surface area contributed by atoms with Crippen LogP contribution in [-0.2, 0) is 10.0 Å². The lowest BCUT2D eigenvalue weighted by molar-refractivity contribution is 0.402. The van der Waals surface area contributed by atoms with E-state index in [0.717, 1.165) is 19.9 Å². The molecule has 0 unspecified atom stereocenters. The number of hydrogen-bond donors (Lipinski definition) is 0. The first-order chi connectivity index (χ1) is 12.3. The van der Waals surface area contributed by atoms with Crippen LogP contribution in [0.25, 0.3) is 10.6 Å². The van der Waals surface area contributed by atoms with E-state index in [-0.39, 0.29) is 10.0 Å². The SMILES string of the molecule is COc1ccc(C)cc1S(=O)(=O)N(C)c1nnc(-c2ccc(Br)cc2)s1. The van der Waals surface area contributed by atoms with Gasteiger partial charge in [-0.25, -0.2) is 12.7 Å². The molecule has 3 aromatic rings. The molecule has 1 aromatic heterocycles. The van der Waals surface area contributed by atoms with Crippen LogP contribution in [0.2, 0.25) is 0 Å². The van der Waals surface area contributed by atoms with Crippen molar-refractivity contribution in [1.82, 2.24) is 10.2 Å². The van der Waals surface area contributed by atoms with Crippen molar-refractivity contribution in [2.75, 3.05) is 18.5 Å². The summed E-state index contributed by atoms with van der Waals surface area (Å²) >= 11 is 4.59. The van der Waals surface area contributed by atoms with Crippen LogP contribution in [-0.4, -0.2) is 32.8 Å². The Kier molecular flexibility index (Phi) is 5.31. The highest BCUT2D eigenvalue weighted by Crippen LogP contribution is 2.34. The molecule has 0 spiro atoms. The van der Waals surface area contributed by atoms with Crippen LogP contribution in [0, 0.1) is 6.92 Å². The molecule has 0 atom stereocenters. The fraction of sp³-hybridized carbons (Fsp3) is 0.176. The van der Waals surface area contributed by atoms with Crippen molar-refractivity contribution in [3.8, 4) is 16.3 Å². The van der Waals surface area contributed by atoms with E-state index < -0.39 is 10.0 Å². The number of hydrogen-bond acceptors (Lipinski definition) is 6. The van der Waals surface area contributed by atoms with Crippen molar-refractivity contribution in [2.24, 2.45) is 0 Å². The lowest BCUT2D eigenvalue weighted by Crippen LogP contribution is -2.27. The zero-order valence-electron chi connectivity index (χ0n) is 14.3. The Morgan fingerprint density at radius 3 is 2.46 bits per heavy atom. The number of ether oxygens (including phenoxy) is 1. The zero-order valence-corrected chi connectivity index (χ0v) is 17.5. The number of aryl methyl sites for hydroxylation is 1. The van der Waals surface area contributed by atoms with E-state index in [1.807, 2.05) is 31.2 Å². The second kappa shape index (κ2) is 7.34. The fourth-order valence-corrected chi connectivity index (χ4v) is 4.95. The lowest BCUT2D eigenvalue weighted by atomic mass is 10.2. The third-order valence-corrected chi connectivity index (χ3v) is 7.19. The third kappa shape index (κ3) is 3.60. The summed E-state index contributed by atoms with van der Waals surface area (Å²) in [5.41, 5.74) is 1.70. The average molecular weight is 454 g/mol. The van der Waals surface area contributed by atoms with Gasteiger partial charge in [0, 0.05) is 17.1 Å². The number of benzene rings is 2. The molecule has 0 aliphatic heterocycles. The maximum Gasteiger partial charge on any atom is 0.269 e. The van der Waals surface area contributed by atoms with Gasteiger partial charge in [0.1, 0.15) is 15.7 Å². The van der Waals surface area contributed by atoms with E-state index in [1.165, 1.54) is 25.5 Å². The molecular weight excluding hydrogens is 438 g/mol. The monoisotopic (exact) mass is 453 g/mol. The van der Waals surface area contributed by atoms with Gasteiger partial charge in [0.2, 0.25) is 5.13 Å². The molecule has 0 amide bonds. The number of anilines is 1. The van der Waals surface area contributed by atoms with Crippen LogP contribution in [0.1, 0.15) is 5.56 Å². The molecule has 0 aliphatic rings. The topological polar surface area (TPSA) is 72.4 Å². The zero-order chi connectivity index (χ0) is 18.9. The van der Waals surface area contributed by atoms with Gasteiger partial charge in [-0.2, -0.15) is 0 Å². The van der Waals surface area contributed by atoms with Gasteiger partial charge in [-0.1, -0.05) is 45.5 Å². The molecule has 9 heteroatoms. The van der Waals surface area contributed by atoms with Crippen LogP contribution in [0.5, 0.6) is 5.75 Å². The highest BCUT2D eigenvalue weighted by atomic mass is 79.9. The predicted molar refractivity (Wildman–Crippen MR) is 106 cm³/mol. The van der Waals surface area contributed by atoms with Gasteiger partial charge in [0.05, 0.1) is 7.11 Å². The largest absolute Gasteiger partial charge is 0.495 e. The second-order valence-corrected chi connectivity index (χ2v) is 9.33. The Labute approximate surface area is 164 Å².